The molecule has 12 heavy (non-hydrogen) atoms. The molecule has 62 valence electrons. The Kier molecular flexibility index (Phi) is 1.43. The summed E-state index contributed by atoms with van der Waals surface area (Å²) in [6.45, 7) is 0. The first kappa shape index (κ1) is 7.02. The summed E-state index contributed by atoms with van der Waals surface area (Å²) in [5.41, 5.74) is 1.59. The minimum Gasteiger partial charge on any atom is -0.300 e. The fourth-order valence-electron chi connectivity index (χ4n) is 1.02. The van der Waals surface area contributed by atoms with Crippen molar-refractivity contribution in [3.63, 3.8) is 0 Å². The third-order valence-corrected chi connectivity index (χ3v) is 1.57. The standard InChI is InChI=1S/C7H9N5/c1-11(2)12-7-6(9-10-12)4-3-5-8-7/h3-5H,1-2H3. The van der Waals surface area contributed by atoms with Gasteiger partial charge in [-0.2, -0.15) is 0 Å². The summed E-state index contributed by atoms with van der Waals surface area (Å²) in [6.07, 6.45) is 1.73. The normalized spacial score (nSPS) is 10.5. The highest BCUT2D eigenvalue weighted by atomic mass is 15.7. The van der Waals surface area contributed by atoms with Crippen LogP contribution in [0.2, 0.25) is 0 Å². The third kappa shape index (κ3) is 0.903. The zero-order valence-corrected chi connectivity index (χ0v) is 6.97. The number of hydrogen-bond acceptors (Lipinski definition) is 4. The first-order valence-corrected chi connectivity index (χ1v) is 3.63. The number of rotatable bonds is 1. The number of aromatic nitrogens is 4. The second-order valence-corrected chi connectivity index (χ2v) is 2.67. The fourth-order valence-corrected chi connectivity index (χ4v) is 1.02. The zero-order chi connectivity index (χ0) is 8.55. The first-order valence-electron chi connectivity index (χ1n) is 3.63. The molecule has 0 bridgehead atoms. The first-order chi connectivity index (χ1) is 5.79. The van der Waals surface area contributed by atoms with Gasteiger partial charge >= 0.3 is 0 Å². The van der Waals surface area contributed by atoms with Gasteiger partial charge < -0.3 is 0 Å². The Morgan fingerprint density at radius 1 is 1.42 bits per heavy atom. The van der Waals surface area contributed by atoms with Crippen LogP contribution in [-0.2, 0) is 0 Å². The van der Waals surface area contributed by atoms with Gasteiger partial charge in [-0.3, -0.25) is 5.01 Å². The molecule has 0 aliphatic heterocycles. The topological polar surface area (TPSA) is 46.8 Å². The van der Waals surface area contributed by atoms with Crippen LogP contribution in [-0.4, -0.2) is 34.2 Å². The maximum atomic E-state index is 4.16. The summed E-state index contributed by atoms with van der Waals surface area (Å²) in [5.74, 6) is 0. The van der Waals surface area contributed by atoms with E-state index in [0.717, 1.165) is 11.2 Å². The molecule has 0 aliphatic carbocycles. The summed E-state index contributed by atoms with van der Waals surface area (Å²) >= 11 is 0. The molecule has 0 saturated heterocycles. The van der Waals surface area contributed by atoms with Crippen molar-refractivity contribution < 1.29 is 0 Å². The third-order valence-electron chi connectivity index (χ3n) is 1.57. The molecule has 5 heteroatoms. The number of hydrogen-bond donors (Lipinski definition) is 0. The van der Waals surface area contributed by atoms with E-state index in [9.17, 15) is 0 Å². The Labute approximate surface area is 69.6 Å². The minimum absolute atomic E-state index is 0.780. The number of fused-ring (bicyclic) bond motifs is 1. The molecule has 0 radical (unpaired) electrons. The molecule has 0 amide bonds. The van der Waals surface area contributed by atoms with Gasteiger partial charge in [-0.05, 0) is 17.3 Å². The monoisotopic (exact) mass is 163 g/mol. The summed E-state index contributed by atoms with van der Waals surface area (Å²) in [5, 5.41) is 9.70. The average molecular weight is 163 g/mol. The second-order valence-electron chi connectivity index (χ2n) is 2.67. The van der Waals surface area contributed by atoms with Crippen LogP contribution in [0, 0.1) is 0 Å². The van der Waals surface area contributed by atoms with Crippen molar-refractivity contribution in [2.24, 2.45) is 0 Å². The van der Waals surface area contributed by atoms with E-state index < -0.39 is 0 Å². The van der Waals surface area contributed by atoms with Gasteiger partial charge in [0.2, 0.25) is 5.65 Å². The lowest BCUT2D eigenvalue weighted by Gasteiger charge is -2.10. The van der Waals surface area contributed by atoms with Crippen molar-refractivity contribution in [2.75, 3.05) is 19.1 Å². The highest BCUT2D eigenvalue weighted by Crippen LogP contribution is 2.04. The lowest BCUT2D eigenvalue weighted by Crippen LogP contribution is -2.26. The highest BCUT2D eigenvalue weighted by Gasteiger charge is 2.04. The predicted molar refractivity (Wildman–Crippen MR) is 45.4 cm³/mol. The molecule has 0 aliphatic rings. The van der Waals surface area contributed by atoms with E-state index in [4.69, 9.17) is 0 Å². The van der Waals surface area contributed by atoms with Crippen LogP contribution in [0.25, 0.3) is 11.2 Å². The molecule has 2 aromatic heterocycles. The molecule has 0 atom stereocenters. The van der Waals surface area contributed by atoms with Gasteiger partial charge in [0, 0.05) is 20.3 Å². The van der Waals surface area contributed by atoms with Crippen LogP contribution in [0.3, 0.4) is 0 Å². The van der Waals surface area contributed by atoms with Crippen molar-refractivity contribution in [3.8, 4) is 0 Å². The summed E-state index contributed by atoms with van der Waals surface area (Å²) in [6, 6.07) is 3.73. The van der Waals surface area contributed by atoms with Crippen molar-refractivity contribution >= 4 is 11.2 Å². The fraction of sp³-hybridized carbons (Fsp3) is 0.286. The molecule has 2 rings (SSSR count). The molecule has 0 aromatic carbocycles. The molecule has 0 saturated carbocycles. The molecule has 5 nitrogen and oxygen atoms in total. The second kappa shape index (κ2) is 2.44. The van der Waals surface area contributed by atoms with Crippen LogP contribution < -0.4 is 5.01 Å². The van der Waals surface area contributed by atoms with E-state index in [1.165, 1.54) is 0 Å². The zero-order valence-electron chi connectivity index (χ0n) is 6.97. The maximum Gasteiger partial charge on any atom is 0.201 e. The summed E-state index contributed by atoms with van der Waals surface area (Å²) in [4.78, 5) is 5.81. The minimum atomic E-state index is 0.780. The molecule has 2 heterocycles. The van der Waals surface area contributed by atoms with E-state index in [1.54, 1.807) is 11.0 Å². The molecule has 0 unspecified atom stereocenters. The molecular weight excluding hydrogens is 154 g/mol. The Morgan fingerprint density at radius 2 is 2.25 bits per heavy atom. The van der Waals surface area contributed by atoms with Crippen LogP contribution >= 0.6 is 0 Å². The van der Waals surface area contributed by atoms with Gasteiger partial charge in [0.05, 0.1) is 0 Å². The van der Waals surface area contributed by atoms with E-state index in [1.807, 2.05) is 31.2 Å². The van der Waals surface area contributed by atoms with Crippen LogP contribution in [0.15, 0.2) is 18.3 Å². The van der Waals surface area contributed by atoms with Gasteiger partial charge in [0.1, 0.15) is 5.52 Å². The van der Waals surface area contributed by atoms with Crippen molar-refractivity contribution in [1.29, 1.82) is 0 Å². The van der Waals surface area contributed by atoms with E-state index in [0.29, 0.717) is 0 Å². The number of pyridine rings is 1. The molecule has 2 aromatic rings. The van der Waals surface area contributed by atoms with E-state index in [-0.39, 0.29) is 0 Å². The van der Waals surface area contributed by atoms with Crippen LogP contribution in [0.1, 0.15) is 0 Å². The van der Waals surface area contributed by atoms with E-state index >= 15 is 0 Å². The smallest absolute Gasteiger partial charge is 0.201 e. The SMILES string of the molecule is CN(C)n1nnc2cccnc21. The predicted octanol–water partition coefficient (Wildman–Crippen LogP) is 0.0239. The van der Waals surface area contributed by atoms with Gasteiger partial charge in [-0.15, -0.1) is 9.89 Å². The largest absolute Gasteiger partial charge is 0.300 e. The molecule has 0 spiro atoms. The summed E-state index contributed by atoms with van der Waals surface area (Å²) in [7, 11) is 3.78. The van der Waals surface area contributed by atoms with Crippen molar-refractivity contribution in [2.45, 2.75) is 0 Å². The van der Waals surface area contributed by atoms with Crippen molar-refractivity contribution in [1.82, 2.24) is 20.1 Å². The molecule has 0 N–H and O–H groups in total. The Hall–Kier alpha value is -1.65. The molecule has 0 fully saturated rings. The van der Waals surface area contributed by atoms with Crippen LogP contribution in [0.4, 0.5) is 0 Å². The van der Waals surface area contributed by atoms with Gasteiger partial charge in [-0.1, -0.05) is 0 Å². The van der Waals surface area contributed by atoms with Crippen molar-refractivity contribution in [3.05, 3.63) is 18.3 Å². The Bertz CT molecular complexity index is 391. The summed E-state index contributed by atoms with van der Waals surface area (Å²) < 4.78 is 0. The number of nitrogens with zero attached hydrogens (tertiary/aromatic N) is 5. The van der Waals surface area contributed by atoms with Gasteiger partial charge in [0.15, 0.2) is 0 Å². The molecular formula is C7H9N5. The van der Waals surface area contributed by atoms with E-state index in [2.05, 4.69) is 15.3 Å². The Balaban J connectivity index is 2.70. The maximum absolute atomic E-state index is 4.16. The Morgan fingerprint density at radius 3 is 3.00 bits per heavy atom. The highest BCUT2D eigenvalue weighted by molar-refractivity contribution is 5.69. The van der Waals surface area contributed by atoms with Gasteiger partial charge in [-0.25, -0.2) is 4.98 Å². The lowest BCUT2D eigenvalue weighted by molar-refractivity contribution is 0.623. The van der Waals surface area contributed by atoms with Crippen LogP contribution in [0.5, 0.6) is 0 Å². The quantitative estimate of drug-likeness (QED) is 0.594. The van der Waals surface area contributed by atoms with Gasteiger partial charge in [0.25, 0.3) is 0 Å². The average Bonchev–Trinajstić information content (AvgIpc) is 2.47. The lowest BCUT2D eigenvalue weighted by atomic mass is 10.4.